The highest BCUT2D eigenvalue weighted by Crippen LogP contribution is 2.21. The summed E-state index contributed by atoms with van der Waals surface area (Å²) in [6.07, 6.45) is 14.3. The van der Waals surface area contributed by atoms with Crippen molar-refractivity contribution in [3.63, 3.8) is 0 Å². The molecule has 0 aromatic heterocycles. The van der Waals surface area contributed by atoms with Gasteiger partial charge in [0, 0.05) is 268 Å². The smallest absolute Gasteiger partial charge is 0.407 e. The molecule has 12 nitrogen and oxygen atoms in total. The Kier molecular flexibility index (Phi) is 69.8. The third-order valence-corrected chi connectivity index (χ3v) is 12.7. The Morgan fingerprint density at radius 3 is 0.732 bits per heavy atom. The molecule has 3 rings (SSSR count). The lowest BCUT2D eigenvalue weighted by Crippen LogP contribution is -2.52. The third kappa shape index (κ3) is 81.1. The number of rotatable bonds is 13. The first-order chi connectivity index (χ1) is 62.1. The van der Waals surface area contributed by atoms with Crippen LogP contribution >= 0.6 is 0 Å². The van der Waals surface area contributed by atoms with Gasteiger partial charge in [-0.15, -0.1) is 6.42 Å². The molecule has 127 heavy (non-hydrogen) atoms. The van der Waals surface area contributed by atoms with Crippen LogP contribution in [0.25, 0.3) is 0 Å². The fourth-order valence-electron chi connectivity index (χ4n) is 8.06. The molecular weight excluding hydrogens is 1560 g/mol. The minimum atomic E-state index is -0.498. The molecular formula is C115H74N6O6. The number of alkyl carbamates (subject to hydrolysis) is 3. The summed E-state index contributed by atoms with van der Waals surface area (Å²) in [6, 6.07) is 10.4. The normalized spacial score (nSPS) is 10.4. The van der Waals surface area contributed by atoms with E-state index in [1.165, 1.54) is 6.42 Å². The van der Waals surface area contributed by atoms with Gasteiger partial charge in [-0.2, -0.15) is 0 Å². The van der Waals surface area contributed by atoms with Gasteiger partial charge in [-0.25, -0.2) is 14.4 Å². The van der Waals surface area contributed by atoms with Crippen molar-refractivity contribution in [1.82, 2.24) is 26.6 Å². The Morgan fingerprint density at radius 1 is 0.307 bits per heavy atom. The topological polar surface area (TPSA) is 165 Å². The van der Waals surface area contributed by atoms with Gasteiger partial charge >= 0.3 is 18.3 Å². The Bertz CT molecular complexity index is 6680. The second kappa shape index (κ2) is 82.7. The van der Waals surface area contributed by atoms with E-state index in [1.54, 1.807) is 20.8 Å². The molecule has 4 atom stereocenters. The minimum absolute atomic E-state index is 0.0717. The lowest BCUT2D eigenvalue weighted by atomic mass is 9.90. The van der Waals surface area contributed by atoms with E-state index in [9.17, 15) is 14.4 Å². The Balaban J connectivity index is 0.00000172. The second-order valence-corrected chi connectivity index (χ2v) is 24.4. The highest BCUT2D eigenvalue weighted by atomic mass is 16.6. The molecule has 0 aliphatic heterocycles. The van der Waals surface area contributed by atoms with Gasteiger partial charge in [-0.05, 0) is 315 Å². The predicted octanol–water partition coefficient (Wildman–Crippen LogP) is 7.28. The van der Waals surface area contributed by atoms with Crippen LogP contribution in [0.2, 0.25) is 0 Å². The van der Waals surface area contributed by atoms with Gasteiger partial charge in [-0.3, -0.25) is 0 Å². The molecule has 0 saturated heterocycles. The van der Waals surface area contributed by atoms with Crippen LogP contribution in [0, 0.1) is 450 Å². The fraction of sp³-hybridized carbons (Fsp3) is 0.261. The quantitative estimate of drug-likeness (QED) is 0.0677. The summed E-state index contributed by atoms with van der Waals surface area (Å²) in [5.41, 5.74) is 5.52. The van der Waals surface area contributed by atoms with Gasteiger partial charge in [0.05, 0.1) is 0 Å². The summed E-state index contributed by atoms with van der Waals surface area (Å²) in [7, 11) is 0. The standard InChI is InChI=1S/C40H6.C39H4.C22H35N3O4.C14H29N3O2/c1-3-5-7-9-11-13-15-17-19-21-23-25-27-29-31-33-35-37-39-40-38-36-34-32-30-28-26-24-22-20-18-16-14-12-10-8-6-4-2;1-3-5-7-9-11-13-15-17-19-21-23-25-27-29-31-33-35-37-39-38-36-34-32-30-28-26-24-22-20-18-16-14-12-10-8-6-4-2;1-22(2,3)29-21(27)25-19-13-8-7-12-18(19)23-14-9-15-24-20(26)28-16-17-10-5-4-6-11-17;1-14(2,3)19-13(18)17-12-8-5-4-7-11(12)16-10-6-9-15/h1-2H3;1H,2H3;4-6,10-11,18-19,23H,7-9,12-16H2,1-3H3,(H,24,26)(H,25,27);11-12,16H,4-10,15H2,1-3H3,(H,17,18). The van der Waals surface area contributed by atoms with E-state index in [2.05, 4.69) is 471 Å². The molecule has 3 amide bonds. The third-order valence-electron chi connectivity index (χ3n) is 12.7. The first-order valence-electron chi connectivity index (χ1n) is 37.9. The number of hydrogen-bond acceptors (Lipinski definition) is 9. The largest absolute Gasteiger partial charge is 0.445 e. The molecule has 7 N–H and O–H groups in total. The van der Waals surface area contributed by atoms with Crippen molar-refractivity contribution in [3.05, 3.63) is 35.9 Å². The van der Waals surface area contributed by atoms with Gasteiger partial charge in [-0.1, -0.05) is 73.8 Å². The maximum absolute atomic E-state index is 12.1. The molecule has 0 heterocycles. The molecule has 600 valence electrons. The monoisotopic (exact) mass is 1630 g/mol. The fourth-order valence-corrected chi connectivity index (χ4v) is 8.06. The first kappa shape index (κ1) is 107. The zero-order valence-electron chi connectivity index (χ0n) is 71.4. The maximum Gasteiger partial charge on any atom is 0.407 e. The van der Waals surface area contributed by atoms with Crippen molar-refractivity contribution in [1.29, 1.82) is 0 Å². The lowest BCUT2D eigenvalue weighted by molar-refractivity contribution is 0.0468. The van der Waals surface area contributed by atoms with Crippen LogP contribution < -0.4 is 32.3 Å². The van der Waals surface area contributed by atoms with E-state index in [4.69, 9.17) is 26.4 Å². The number of terminal acetylenes is 1. The van der Waals surface area contributed by atoms with Gasteiger partial charge < -0.3 is 46.5 Å². The van der Waals surface area contributed by atoms with Crippen LogP contribution in [0.5, 0.6) is 0 Å². The minimum Gasteiger partial charge on any atom is -0.445 e. The van der Waals surface area contributed by atoms with Crippen LogP contribution in [0.3, 0.4) is 0 Å². The second-order valence-electron chi connectivity index (χ2n) is 24.4. The lowest BCUT2D eigenvalue weighted by Gasteiger charge is -2.33. The molecule has 2 fully saturated rings. The van der Waals surface area contributed by atoms with Crippen molar-refractivity contribution in [2.45, 2.75) is 168 Å². The molecule has 12 heteroatoms. The van der Waals surface area contributed by atoms with Crippen molar-refractivity contribution < 1.29 is 28.6 Å². The summed E-state index contributed by atoms with van der Waals surface area (Å²) in [5.74, 6) is 188. The average molecular weight is 1640 g/mol. The van der Waals surface area contributed by atoms with E-state index in [1.807, 2.05) is 71.9 Å². The average Bonchev–Trinajstić information content (AvgIpc) is 0.877. The van der Waals surface area contributed by atoms with Crippen LogP contribution in [-0.2, 0) is 20.8 Å². The van der Waals surface area contributed by atoms with Crippen LogP contribution in [0.1, 0.15) is 132 Å². The number of nitrogens with one attached hydrogen (secondary N) is 5. The summed E-state index contributed by atoms with van der Waals surface area (Å²) >= 11 is 0. The summed E-state index contributed by atoms with van der Waals surface area (Å²) in [5, 5.41) is 15.8. The predicted molar refractivity (Wildman–Crippen MR) is 503 cm³/mol. The number of hydrogen-bond donors (Lipinski definition) is 6. The summed E-state index contributed by atoms with van der Waals surface area (Å²) < 4.78 is 15.9. The summed E-state index contributed by atoms with van der Waals surface area (Å²) in [4.78, 5) is 35.6. The van der Waals surface area contributed by atoms with Crippen LogP contribution in [-0.4, -0.2) is 79.8 Å². The van der Waals surface area contributed by atoms with Gasteiger partial charge in [0.1, 0.15) is 17.8 Å². The highest BCUT2D eigenvalue weighted by molar-refractivity contribution is 5.69. The van der Waals surface area contributed by atoms with E-state index >= 15 is 0 Å². The molecule has 4 unspecified atom stereocenters. The molecule has 2 saturated carbocycles. The van der Waals surface area contributed by atoms with Crippen LogP contribution in [0.4, 0.5) is 14.4 Å². The van der Waals surface area contributed by atoms with Crippen LogP contribution in [0.15, 0.2) is 30.3 Å². The molecule has 1 aromatic carbocycles. The maximum atomic E-state index is 12.1. The van der Waals surface area contributed by atoms with Crippen molar-refractivity contribution in [3.8, 4) is 450 Å². The molecule has 0 spiro atoms. The number of carbonyl (C=O) groups excluding carboxylic acids is 3. The van der Waals surface area contributed by atoms with E-state index in [-0.39, 0.29) is 36.9 Å². The number of ether oxygens (including phenoxy) is 3. The molecule has 2 aliphatic carbocycles. The van der Waals surface area contributed by atoms with Crippen molar-refractivity contribution in [2.75, 3.05) is 26.2 Å². The Morgan fingerprint density at radius 2 is 0.520 bits per heavy atom. The van der Waals surface area contributed by atoms with Crippen molar-refractivity contribution in [2.24, 2.45) is 5.73 Å². The first-order valence-corrected chi connectivity index (χ1v) is 37.9. The van der Waals surface area contributed by atoms with E-state index < -0.39 is 17.3 Å². The van der Waals surface area contributed by atoms with E-state index in [0.717, 1.165) is 76.4 Å². The molecule has 0 radical (unpaired) electrons. The van der Waals surface area contributed by atoms with Crippen molar-refractivity contribution >= 4 is 18.3 Å². The Hall–Kier alpha value is -19.8. The molecule has 2 aliphatic rings. The number of carbonyl (C=O) groups is 3. The zero-order chi connectivity index (χ0) is 92.5. The number of amides is 3. The van der Waals surface area contributed by atoms with Gasteiger partial charge in [0.25, 0.3) is 0 Å². The summed E-state index contributed by atoms with van der Waals surface area (Å²) in [6.45, 7) is 19.5. The zero-order valence-corrected chi connectivity index (χ0v) is 71.4. The van der Waals surface area contributed by atoms with E-state index in [0.29, 0.717) is 19.1 Å². The number of nitrogens with two attached hydrogens (primary N) is 1. The molecule has 1 aromatic rings. The SMILES string of the molecule is C#CC#CC#CC#CC#CC#CC#CC#CC#CC#CC#CC#CC#CC#CC#CC#CC#CC#CC#CC.CC#CC#CC#CC#CC#CC#CC#CC#CC#CC#CC#CC#CC#CC#CC#CC#CC#CC#CC#CC.CC(C)(C)OC(=O)NC1CCCCC1NCCCN.CC(C)(C)OC(=O)NC1CCCCC1NCCCNC(=O)OCc1ccccc1. The van der Waals surface area contributed by atoms with Gasteiger partial charge in [0.2, 0.25) is 0 Å². The number of benzene rings is 1. The Labute approximate surface area is 755 Å². The molecule has 0 bridgehead atoms. The van der Waals surface area contributed by atoms with Gasteiger partial charge in [0.15, 0.2) is 0 Å². The highest BCUT2D eigenvalue weighted by Gasteiger charge is 2.29.